The molecule has 4 N–H and O–H groups in total. The Labute approximate surface area is 190 Å². The molecular weight excluding hydrogens is 418 g/mol. The van der Waals surface area contributed by atoms with Crippen LogP contribution in [0.25, 0.3) is 22.6 Å². The molecule has 1 aromatic carbocycles. The fraction of sp³-hybridized carbons (Fsp3) is 0.174. The fourth-order valence-corrected chi connectivity index (χ4v) is 3.30. The van der Waals surface area contributed by atoms with E-state index in [9.17, 15) is 0 Å². The monoisotopic (exact) mass is 441 g/mol. The molecule has 0 unspecified atom stereocenters. The summed E-state index contributed by atoms with van der Waals surface area (Å²) in [7, 11) is 0. The van der Waals surface area contributed by atoms with Gasteiger partial charge in [-0.3, -0.25) is 4.98 Å². The first kappa shape index (κ1) is 20.4. The molecule has 5 rings (SSSR count). The summed E-state index contributed by atoms with van der Waals surface area (Å²) in [5.74, 6) is 2.75. The Morgan fingerprint density at radius 2 is 1.48 bits per heavy atom. The van der Waals surface area contributed by atoms with E-state index in [0.29, 0.717) is 17.7 Å². The van der Waals surface area contributed by atoms with Crippen molar-refractivity contribution >= 4 is 24.3 Å². The van der Waals surface area contributed by atoms with Crippen molar-refractivity contribution in [2.75, 3.05) is 26.2 Å². The maximum atomic E-state index is 5.85. The molecule has 0 aliphatic carbocycles. The van der Waals surface area contributed by atoms with Crippen LogP contribution in [0.1, 0.15) is 11.3 Å². The van der Waals surface area contributed by atoms with Gasteiger partial charge in [0.2, 0.25) is 11.9 Å². The summed E-state index contributed by atoms with van der Waals surface area (Å²) in [4.78, 5) is 13.0. The molecule has 0 spiro atoms. The lowest BCUT2D eigenvalue weighted by Crippen LogP contribution is -2.30. The number of guanidine groups is 2. The predicted molar refractivity (Wildman–Crippen MR) is 129 cm³/mol. The van der Waals surface area contributed by atoms with E-state index in [-0.39, 0.29) is 0 Å². The maximum Gasteiger partial charge on any atom is 0.212 e. The summed E-state index contributed by atoms with van der Waals surface area (Å²) in [5, 5.41) is 14.5. The van der Waals surface area contributed by atoms with Crippen molar-refractivity contribution in [1.29, 1.82) is 0 Å². The van der Waals surface area contributed by atoms with Gasteiger partial charge in [0, 0.05) is 30.4 Å². The number of hydrogen-bond acceptors (Lipinski definition) is 10. The largest absolute Gasteiger partial charge is 0.455 e. The maximum absolute atomic E-state index is 5.85. The second-order valence-corrected chi connectivity index (χ2v) is 7.31. The van der Waals surface area contributed by atoms with Crippen LogP contribution in [-0.2, 0) is 0 Å². The van der Waals surface area contributed by atoms with E-state index in [2.05, 4.69) is 46.7 Å². The van der Waals surface area contributed by atoms with Crippen molar-refractivity contribution in [1.82, 2.24) is 26.5 Å². The van der Waals surface area contributed by atoms with Gasteiger partial charge in [0.1, 0.15) is 11.5 Å². The molecule has 0 atom stereocenters. The molecule has 2 aliphatic rings. The van der Waals surface area contributed by atoms with Gasteiger partial charge in [-0.05, 0) is 29.8 Å². The van der Waals surface area contributed by atoms with E-state index in [4.69, 9.17) is 4.42 Å². The zero-order valence-electron chi connectivity index (χ0n) is 17.8. The molecule has 0 radical (unpaired) electrons. The summed E-state index contributed by atoms with van der Waals surface area (Å²) in [6.07, 6.45) is 5.18. The lowest BCUT2D eigenvalue weighted by atomic mass is 10.1. The molecule has 3 aromatic rings. The number of aromatic nitrogens is 1. The van der Waals surface area contributed by atoms with Crippen LogP contribution in [0.5, 0.6) is 0 Å². The Bertz CT molecular complexity index is 1210. The SMILES string of the molecule is C(=N\NC1=NCCN1)/c1ccc(-c2ccc(-c3ccc(/C=N/NC4=NCCN4)o3)cn2)cc1. The Kier molecular flexibility index (Phi) is 6.05. The van der Waals surface area contributed by atoms with Gasteiger partial charge in [-0.25, -0.2) is 20.8 Å². The molecule has 0 bridgehead atoms. The van der Waals surface area contributed by atoms with Crippen molar-refractivity contribution < 1.29 is 4.42 Å². The molecule has 2 aliphatic heterocycles. The van der Waals surface area contributed by atoms with Crippen molar-refractivity contribution in [3.8, 4) is 22.6 Å². The third kappa shape index (κ3) is 5.24. The van der Waals surface area contributed by atoms with Crippen molar-refractivity contribution in [2.45, 2.75) is 0 Å². The highest BCUT2D eigenvalue weighted by Crippen LogP contribution is 2.24. The quantitative estimate of drug-likeness (QED) is 0.342. The average Bonchev–Trinajstić information content (AvgIpc) is 3.64. The smallest absolute Gasteiger partial charge is 0.212 e. The van der Waals surface area contributed by atoms with E-state index < -0.39 is 0 Å². The zero-order valence-corrected chi connectivity index (χ0v) is 17.8. The minimum Gasteiger partial charge on any atom is -0.455 e. The van der Waals surface area contributed by atoms with Gasteiger partial charge >= 0.3 is 0 Å². The average molecular weight is 441 g/mol. The summed E-state index contributed by atoms with van der Waals surface area (Å²) in [6, 6.07) is 15.8. The molecule has 33 heavy (non-hydrogen) atoms. The van der Waals surface area contributed by atoms with Gasteiger partial charge < -0.3 is 15.1 Å². The summed E-state index contributed by atoms with van der Waals surface area (Å²) < 4.78 is 5.85. The van der Waals surface area contributed by atoms with Gasteiger partial charge in [0.25, 0.3) is 0 Å². The standard InChI is InChI=1S/C23H23N9O/c1-3-17(4-2-16(1)13-29-31-22-24-9-10-25-22)20-7-5-18(14-28-20)21-8-6-19(33-21)15-30-32-23-26-11-12-27-23/h1-8,13-15H,9-12H2,(H2,24,25,31)(H2,26,27,32)/b29-13+,30-15+. The number of pyridine rings is 1. The van der Waals surface area contributed by atoms with E-state index in [1.54, 1.807) is 18.6 Å². The third-order valence-electron chi connectivity index (χ3n) is 4.98. The number of hydrogen-bond donors (Lipinski definition) is 4. The molecule has 166 valence electrons. The van der Waals surface area contributed by atoms with Gasteiger partial charge in [-0.2, -0.15) is 10.2 Å². The molecule has 10 nitrogen and oxygen atoms in total. The Morgan fingerprint density at radius 3 is 2.12 bits per heavy atom. The number of aliphatic imine (C=N–C) groups is 2. The number of furan rings is 1. The van der Waals surface area contributed by atoms with Crippen LogP contribution in [0.3, 0.4) is 0 Å². The second kappa shape index (κ2) is 9.77. The zero-order chi connectivity index (χ0) is 22.3. The Morgan fingerprint density at radius 1 is 0.788 bits per heavy atom. The minimum atomic E-state index is 0.641. The minimum absolute atomic E-state index is 0.641. The lowest BCUT2D eigenvalue weighted by Gasteiger charge is -2.03. The number of hydrazone groups is 2. The van der Waals surface area contributed by atoms with Gasteiger partial charge in [-0.15, -0.1) is 0 Å². The highest BCUT2D eigenvalue weighted by molar-refractivity contribution is 5.85. The normalized spacial score (nSPS) is 15.4. The molecule has 4 heterocycles. The highest BCUT2D eigenvalue weighted by atomic mass is 16.3. The van der Waals surface area contributed by atoms with E-state index >= 15 is 0 Å². The van der Waals surface area contributed by atoms with E-state index in [1.807, 2.05) is 48.5 Å². The number of nitrogens with zero attached hydrogens (tertiary/aromatic N) is 5. The van der Waals surface area contributed by atoms with Crippen molar-refractivity contribution in [3.63, 3.8) is 0 Å². The van der Waals surface area contributed by atoms with Crippen molar-refractivity contribution in [3.05, 3.63) is 66.1 Å². The van der Waals surface area contributed by atoms with Crippen LogP contribution in [0.15, 0.2) is 79.3 Å². The molecule has 0 fully saturated rings. The van der Waals surface area contributed by atoms with Crippen LogP contribution >= 0.6 is 0 Å². The van der Waals surface area contributed by atoms with Crippen LogP contribution in [0.4, 0.5) is 0 Å². The molecule has 0 saturated heterocycles. The van der Waals surface area contributed by atoms with Crippen LogP contribution in [0.2, 0.25) is 0 Å². The Hall–Kier alpha value is -4.47. The molecular formula is C23H23N9O. The molecule has 10 heteroatoms. The summed E-state index contributed by atoms with van der Waals surface area (Å²) in [6.45, 7) is 3.21. The summed E-state index contributed by atoms with van der Waals surface area (Å²) in [5.41, 5.74) is 9.52. The molecule has 0 saturated carbocycles. The third-order valence-corrected chi connectivity index (χ3v) is 4.98. The van der Waals surface area contributed by atoms with Gasteiger partial charge in [0.05, 0.1) is 31.2 Å². The topological polar surface area (TPSA) is 124 Å². The number of nitrogens with one attached hydrogen (secondary N) is 4. The highest BCUT2D eigenvalue weighted by Gasteiger charge is 2.07. The van der Waals surface area contributed by atoms with Crippen LogP contribution in [0, 0.1) is 0 Å². The van der Waals surface area contributed by atoms with Crippen LogP contribution < -0.4 is 21.5 Å². The molecule has 2 aromatic heterocycles. The summed E-state index contributed by atoms with van der Waals surface area (Å²) >= 11 is 0. The van der Waals surface area contributed by atoms with E-state index in [1.165, 1.54) is 0 Å². The first-order chi connectivity index (χ1) is 16.3. The predicted octanol–water partition coefficient (Wildman–Crippen LogP) is 1.77. The fourth-order valence-electron chi connectivity index (χ4n) is 3.30. The Balaban J connectivity index is 1.19. The van der Waals surface area contributed by atoms with Gasteiger partial charge in [0.15, 0.2) is 0 Å². The molecule has 0 amide bonds. The van der Waals surface area contributed by atoms with E-state index in [0.717, 1.165) is 54.3 Å². The lowest BCUT2D eigenvalue weighted by molar-refractivity contribution is 0.574. The first-order valence-electron chi connectivity index (χ1n) is 10.6. The van der Waals surface area contributed by atoms with Gasteiger partial charge in [-0.1, -0.05) is 24.3 Å². The van der Waals surface area contributed by atoms with Crippen LogP contribution in [-0.4, -0.2) is 55.5 Å². The second-order valence-electron chi connectivity index (χ2n) is 7.31. The number of rotatable bonds is 6. The first-order valence-corrected chi connectivity index (χ1v) is 10.6. The number of benzene rings is 1. The van der Waals surface area contributed by atoms with Crippen molar-refractivity contribution in [2.24, 2.45) is 20.2 Å².